The highest BCUT2D eigenvalue weighted by Crippen LogP contribution is 2.31. The Hall–Kier alpha value is -1.46. The van der Waals surface area contributed by atoms with Gasteiger partial charge in [-0.2, -0.15) is 0 Å². The van der Waals surface area contributed by atoms with E-state index in [0.29, 0.717) is 42.0 Å². The number of nitrogens with zero attached hydrogens (tertiary/aromatic N) is 2. The molecule has 1 atom stereocenters. The van der Waals surface area contributed by atoms with E-state index in [9.17, 15) is 9.59 Å². The number of piperazine rings is 1. The maximum Gasteiger partial charge on any atom is 0.263 e. The number of hydrogen-bond acceptors (Lipinski definition) is 3. The molecule has 2 fully saturated rings. The van der Waals surface area contributed by atoms with Crippen LogP contribution in [-0.4, -0.2) is 53.9 Å². The number of ether oxygens (including phenoxy) is 1. The van der Waals surface area contributed by atoms with Crippen molar-refractivity contribution >= 4 is 35.0 Å². The van der Waals surface area contributed by atoms with Crippen LogP contribution in [0.4, 0.5) is 0 Å². The van der Waals surface area contributed by atoms with Gasteiger partial charge in [0.05, 0.1) is 10.0 Å². The van der Waals surface area contributed by atoms with Crippen LogP contribution >= 0.6 is 23.2 Å². The lowest BCUT2D eigenvalue weighted by molar-refractivity contribution is -0.144. The van der Waals surface area contributed by atoms with Gasteiger partial charge in [0, 0.05) is 38.2 Å². The highest BCUT2D eigenvalue weighted by Gasteiger charge is 2.35. The lowest BCUT2D eigenvalue weighted by Gasteiger charge is -2.36. The van der Waals surface area contributed by atoms with E-state index in [1.165, 1.54) is 0 Å². The maximum absolute atomic E-state index is 12.5. The third-order valence-corrected chi connectivity index (χ3v) is 5.12. The number of benzene rings is 1. The molecule has 0 bridgehead atoms. The third kappa shape index (κ3) is 3.95. The van der Waals surface area contributed by atoms with Gasteiger partial charge in [0.15, 0.2) is 6.10 Å². The Labute approximate surface area is 151 Å². The molecule has 2 amide bonds. The molecule has 1 saturated heterocycles. The molecule has 130 valence electrons. The van der Waals surface area contributed by atoms with E-state index in [2.05, 4.69) is 0 Å². The Morgan fingerprint density at radius 1 is 1.08 bits per heavy atom. The molecule has 0 aromatic heterocycles. The third-order valence-electron chi connectivity index (χ3n) is 4.38. The van der Waals surface area contributed by atoms with Crippen molar-refractivity contribution in [1.82, 2.24) is 9.80 Å². The van der Waals surface area contributed by atoms with Crippen LogP contribution in [0.15, 0.2) is 18.2 Å². The van der Waals surface area contributed by atoms with Gasteiger partial charge in [-0.3, -0.25) is 9.59 Å². The van der Waals surface area contributed by atoms with Gasteiger partial charge in [-0.05, 0) is 31.9 Å². The van der Waals surface area contributed by atoms with Crippen molar-refractivity contribution in [3.63, 3.8) is 0 Å². The van der Waals surface area contributed by atoms with Crippen molar-refractivity contribution in [2.75, 3.05) is 26.2 Å². The van der Waals surface area contributed by atoms with E-state index in [0.717, 1.165) is 12.8 Å². The predicted octanol–water partition coefficient (Wildman–Crippen LogP) is 2.84. The summed E-state index contributed by atoms with van der Waals surface area (Å²) in [6, 6.07) is 4.92. The van der Waals surface area contributed by atoms with Crippen LogP contribution in [0.25, 0.3) is 0 Å². The first-order valence-corrected chi connectivity index (χ1v) is 8.90. The smallest absolute Gasteiger partial charge is 0.263 e. The van der Waals surface area contributed by atoms with Crippen molar-refractivity contribution in [2.24, 2.45) is 5.92 Å². The van der Waals surface area contributed by atoms with Crippen LogP contribution in [-0.2, 0) is 9.59 Å². The van der Waals surface area contributed by atoms with Gasteiger partial charge < -0.3 is 14.5 Å². The van der Waals surface area contributed by atoms with Crippen LogP contribution in [0.2, 0.25) is 10.0 Å². The molecule has 5 nitrogen and oxygen atoms in total. The van der Waals surface area contributed by atoms with Crippen molar-refractivity contribution in [1.29, 1.82) is 0 Å². The Kier molecular flexibility index (Phi) is 5.21. The van der Waals surface area contributed by atoms with E-state index in [4.69, 9.17) is 27.9 Å². The van der Waals surface area contributed by atoms with Crippen molar-refractivity contribution < 1.29 is 14.3 Å². The Balaban J connectivity index is 1.52. The van der Waals surface area contributed by atoms with E-state index in [-0.39, 0.29) is 17.7 Å². The zero-order valence-electron chi connectivity index (χ0n) is 13.5. The lowest BCUT2D eigenvalue weighted by Crippen LogP contribution is -2.53. The first-order chi connectivity index (χ1) is 11.5. The van der Waals surface area contributed by atoms with Gasteiger partial charge in [0.1, 0.15) is 5.75 Å². The fourth-order valence-corrected chi connectivity index (χ4v) is 3.09. The summed E-state index contributed by atoms with van der Waals surface area (Å²) >= 11 is 11.8. The molecule has 1 unspecified atom stereocenters. The minimum Gasteiger partial charge on any atom is -0.481 e. The Bertz CT molecular complexity index is 641. The SMILES string of the molecule is CC(Oc1ccc(Cl)c(Cl)c1)C(=O)N1CCN(C(=O)C2CC2)CC1. The lowest BCUT2D eigenvalue weighted by atomic mass is 10.2. The Morgan fingerprint density at radius 2 is 1.71 bits per heavy atom. The summed E-state index contributed by atoms with van der Waals surface area (Å²) in [5.74, 6) is 0.888. The van der Waals surface area contributed by atoms with Crippen LogP contribution in [0.5, 0.6) is 5.75 Å². The summed E-state index contributed by atoms with van der Waals surface area (Å²) in [5.41, 5.74) is 0. The van der Waals surface area contributed by atoms with Crippen LogP contribution < -0.4 is 4.74 Å². The quantitative estimate of drug-likeness (QED) is 0.818. The zero-order chi connectivity index (χ0) is 17.3. The van der Waals surface area contributed by atoms with Crippen LogP contribution in [0.3, 0.4) is 0 Å². The van der Waals surface area contributed by atoms with Crippen LogP contribution in [0, 0.1) is 5.92 Å². The van der Waals surface area contributed by atoms with E-state index in [1.54, 1.807) is 30.0 Å². The molecule has 3 rings (SSSR count). The minimum absolute atomic E-state index is 0.0837. The highest BCUT2D eigenvalue weighted by atomic mass is 35.5. The van der Waals surface area contributed by atoms with E-state index >= 15 is 0 Å². The molecule has 0 spiro atoms. The fraction of sp³-hybridized carbons (Fsp3) is 0.529. The minimum atomic E-state index is -0.618. The molecule has 2 aliphatic rings. The van der Waals surface area contributed by atoms with Crippen molar-refractivity contribution in [3.05, 3.63) is 28.2 Å². The maximum atomic E-state index is 12.5. The Morgan fingerprint density at radius 3 is 2.29 bits per heavy atom. The number of halogens is 2. The number of carbonyl (C=O) groups is 2. The zero-order valence-corrected chi connectivity index (χ0v) is 15.0. The highest BCUT2D eigenvalue weighted by molar-refractivity contribution is 6.42. The summed E-state index contributed by atoms with van der Waals surface area (Å²) < 4.78 is 5.67. The molecule has 1 aromatic rings. The topological polar surface area (TPSA) is 49.9 Å². The van der Waals surface area contributed by atoms with Crippen molar-refractivity contribution in [3.8, 4) is 5.75 Å². The second kappa shape index (κ2) is 7.19. The van der Waals surface area contributed by atoms with Gasteiger partial charge in [0.25, 0.3) is 5.91 Å². The van der Waals surface area contributed by atoms with Gasteiger partial charge in [-0.25, -0.2) is 0 Å². The standard InChI is InChI=1S/C17H20Cl2N2O3/c1-11(24-13-4-5-14(18)15(19)10-13)16(22)20-6-8-21(9-7-20)17(23)12-2-3-12/h4-5,10-12H,2-3,6-9H2,1H3. The van der Waals surface area contributed by atoms with Crippen LogP contribution in [0.1, 0.15) is 19.8 Å². The predicted molar refractivity (Wildman–Crippen MR) is 92.4 cm³/mol. The molecule has 1 saturated carbocycles. The van der Waals surface area contributed by atoms with Gasteiger partial charge >= 0.3 is 0 Å². The monoisotopic (exact) mass is 370 g/mol. The average Bonchev–Trinajstić information content (AvgIpc) is 3.42. The molecule has 1 aliphatic heterocycles. The van der Waals surface area contributed by atoms with Gasteiger partial charge in [-0.15, -0.1) is 0 Å². The number of amides is 2. The molecule has 1 heterocycles. The molecule has 1 aliphatic carbocycles. The van der Waals surface area contributed by atoms with Crippen molar-refractivity contribution in [2.45, 2.75) is 25.9 Å². The molecule has 0 N–H and O–H groups in total. The first-order valence-electron chi connectivity index (χ1n) is 8.15. The van der Waals surface area contributed by atoms with Gasteiger partial charge in [-0.1, -0.05) is 23.2 Å². The molecule has 0 radical (unpaired) electrons. The summed E-state index contributed by atoms with van der Waals surface area (Å²) in [4.78, 5) is 28.2. The summed E-state index contributed by atoms with van der Waals surface area (Å²) in [5, 5.41) is 0.834. The normalized spacial score (nSPS) is 19.1. The molecular formula is C17H20Cl2N2O3. The number of rotatable bonds is 4. The molecule has 7 heteroatoms. The second-order valence-corrected chi connectivity index (χ2v) is 7.08. The number of hydrogen-bond donors (Lipinski definition) is 0. The second-order valence-electron chi connectivity index (χ2n) is 6.26. The van der Waals surface area contributed by atoms with E-state index < -0.39 is 6.10 Å². The first kappa shape index (κ1) is 17.4. The molecule has 1 aromatic carbocycles. The molecule has 24 heavy (non-hydrogen) atoms. The molecular weight excluding hydrogens is 351 g/mol. The summed E-state index contributed by atoms with van der Waals surface area (Å²) in [6.45, 7) is 4.01. The number of carbonyl (C=O) groups excluding carboxylic acids is 2. The largest absolute Gasteiger partial charge is 0.481 e. The summed E-state index contributed by atoms with van der Waals surface area (Å²) in [6.07, 6.45) is 1.40. The van der Waals surface area contributed by atoms with E-state index in [1.807, 2.05) is 4.90 Å². The average molecular weight is 371 g/mol. The fourth-order valence-electron chi connectivity index (χ4n) is 2.80. The van der Waals surface area contributed by atoms with Gasteiger partial charge in [0.2, 0.25) is 5.91 Å². The summed E-state index contributed by atoms with van der Waals surface area (Å²) in [7, 11) is 0.